The first kappa shape index (κ1) is 13.1. The molecular formula is C5H3F8N. The van der Waals surface area contributed by atoms with Gasteiger partial charge in [0.25, 0.3) is 0 Å². The lowest BCUT2D eigenvalue weighted by Crippen LogP contribution is -2.51. The molecule has 0 spiro atoms. The summed E-state index contributed by atoms with van der Waals surface area (Å²) >= 11 is 0. The molecule has 9 heteroatoms. The largest absolute Gasteiger partial charge is 0.462 e. The van der Waals surface area contributed by atoms with Crippen molar-refractivity contribution >= 4 is 5.97 Å². The fourth-order valence-electron chi connectivity index (χ4n) is 0.434. The van der Waals surface area contributed by atoms with Crippen LogP contribution in [-0.4, -0.2) is 24.1 Å². The molecule has 0 aliphatic heterocycles. The van der Waals surface area contributed by atoms with Crippen LogP contribution in [0.25, 0.3) is 0 Å². The van der Waals surface area contributed by atoms with Crippen molar-refractivity contribution in [3.63, 3.8) is 0 Å². The SMILES string of the molecule is CC(F)=NC(F)(F)C(F)(F)C(F)(F)F. The second-order valence-corrected chi connectivity index (χ2v) is 2.22. The second-order valence-electron chi connectivity index (χ2n) is 2.22. The highest BCUT2D eigenvalue weighted by Gasteiger charge is 2.73. The van der Waals surface area contributed by atoms with Gasteiger partial charge in [-0.05, 0) is 0 Å². The molecule has 0 aromatic heterocycles. The van der Waals surface area contributed by atoms with E-state index in [4.69, 9.17) is 0 Å². The maximum Gasteiger partial charge on any atom is 0.462 e. The van der Waals surface area contributed by atoms with Gasteiger partial charge < -0.3 is 0 Å². The first-order valence-corrected chi connectivity index (χ1v) is 2.96. The number of aliphatic imine (C=N–C) groups is 1. The van der Waals surface area contributed by atoms with E-state index >= 15 is 0 Å². The summed E-state index contributed by atoms with van der Waals surface area (Å²) in [6.07, 6.45) is -6.49. The van der Waals surface area contributed by atoms with Gasteiger partial charge in [0.1, 0.15) is 0 Å². The first-order valence-electron chi connectivity index (χ1n) is 2.96. The summed E-state index contributed by atoms with van der Waals surface area (Å²) in [5.41, 5.74) is 0. The molecule has 0 aromatic rings. The zero-order valence-electron chi connectivity index (χ0n) is 6.47. The Kier molecular flexibility index (Phi) is 3.14. The predicted octanol–water partition coefficient (Wildman–Crippen LogP) is 3.16. The summed E-state index contributed by atoms with van der Waals surface area (Å²) in [5, 5.41) is 0. The lowest BCUT2D eigenvalue weighted by molar-refractivity contribution is -0.352. The molecule has 0 rings (SSSR count). The molecule has 1 nitrogen and oxygen atoms in total. The van der Waals surface area contributed by atoms with Crippen molar-refractivity contribution in [1.29, 1.82) is 0 Å². The van der Waals surface area contributed by atoms with E-state index < -0.39 is 24.1 Å². The van der Waals surface area contributed by atoms with Crippen LogP contribution in [0.1, 0.15) is 6.92 Å². The van der Waals surface area contributed by atoms with Crippen molar-refractivity contribution in [2.75, 3.05) is 0 Å². The van der Waals surface area contributed by atoms with Gasteiger partial charge >= 0.3 is 18.1 Å². The molecule has 0 unspecified atom stereocenters. The Bertz CT molecular complexity index is 235. The Hall–Kier alpha value is -0.890. The van der Waals surface area contributed by atoms with E-state index in [2.05, 4.69) is 0 Å². The molecule has 0 fully saturated rings. The second kappa shape index (κ2) is 3.35. The monoisotopic (exact) mass is 229 g/mol. The van der Waals surface area contributed by atoms with Gasteiger partial charge in [0.05, 0.1) is 0 Å². The normalized spacial score (nSPS) is 15.9. The fourth-order valence-corrected chi connectivity index (χ4v) is 0.434. The van der Waals surface area contributed by atoms with Crippen LogP contribution in [0.5, 0.6) is 0 Å². The smallest absolute Gasteiger partial charge is 0.191 e. The minimum atomic E-state index is -6.49. The van der Waals surface area contributed by atoms with Gasteiger partial charge in [-0.3, -0.25) is 0 Å². The average molecular weight is 229 g/mol. The van der Waals surface area contributed by atoms with Gasteiger partial charge in [-0.15, -0.1) is 0 Å². The van der Waals surface area contributed by atoms with Crippen LogP contribution in [0.15, 0.2) is 4.99 Å². The van der Waals surface area contributed by atoms with Crippen molar-refractivity contribution in [2.45, 2.75) is 25.1 Å². The Morgan fingerprint density at radius 1 is 0.929 bits per heavy atom. The van der Waals surface area contributed by atoms with Gasteiger partial charge in [0.2, 0.25) is 0 Å². The maximum atomic E-state index is 12.1. The van der Waals surface area contributed by atoms with Crippen LogP contribution in [0.4, 0.5) is 35.1 Å². The van der Waals surface area contributed by atoms with Gasteiger partial charge in [-0.25, -0.2) is 0 Å². The molecule has 0 aliphatic carbocycles. The van der Waals surface area contributed by atoms with E-state index in [1.807, 2.05) is 0 Å². The van der Waals surface area contributed by atoms with Crippen LogP contribution in [0.2, 0.25) is 0 Å². The topological polar surface area (TPSA) is 12.4 Å². The van der Waals surface area contributed by atoms with E-state index in [0.29, 0.717) is 0 Å². The summed E-state index contributed by atoms with van der Waals surface area (Å²) in [7, 11) is 0. The van der Waals surface area contributed by atoms with Gasteiger partial charge in [0.15, 0.2) is 5.97 Å². The van der Waals surface area contributed by atoms with Gasteiger partial charge in [0, 0.05) is 6.92 Å². The third-order valence-corrected chi connectivity index (χ3v) is 1.03. The maximum absolute atomic E-state index is 12.1. The lowest BCUT2D eigenvalue weighted by atomic mass is 10.3. The molecule has 0 aromatic carbocycles. The molecule has 14 heavy (non-hydrogen) atoms. The van der Waals surface area contributed by atoms with E-state index in [-0.39, 0.29) is 6.92 Å². The Morgan fingerprint density at radius 2 is 1.29 bits per heavy atom. The first-order chi connectivity index (χ1) is 5.92. The third kappa shape index (κ3) is 2.32. The van der Waals surface area contributed by atoms with Gasteiger partial charge in [-0.2, -0.15) is 40.1 Å². The van der Waals surface area contributed by atoms with Crippen molar-refractivity contribution < 1.29 is 35.1 Å². The molecular weight excluding hydrogens is 226 g/mol. The van der Waals surface area contributed by atoms with E-state index in [9.17, 15) is 35.1 Å². The highest BCUT2D eigenvalue weighted by atomic mass is 19.4. The molecule has 0 radical (unpaired) electrons. The van der Waals surface area contributed by atoms with Crippen LogP contribution in [-0.2, 0) is 0 Å². The summed E-state index contributed by atoms with van der Waals surface area (Å²) in [6.45, 7) is 0.223. The van der Waals surface area contributed by atoms with Crippen LogP contribution >= 0.6 is 0 Å². The number of hydrogen-bond acceptors (Lipinski definition) is 1. The van der Waals surface area contributed by atoms with E-state index in [1.165, 1.54) is 4.99 Å². The minimum absolute atomic E-state index is 0.223. The van der Waals surface area contributed by atoms with Crippen molar-refractivity contribution in [1.82, 2.24) is 0 Å². The molecule has 84 valence electrons. The minimum Gasteiger partial charge on any atom is -0.191 e. The Morgan fingerprint density at radius 3 is 1.50 bits per heavy atom. The van der Waals surface area contributed by atoms with E-state index in [0.717, 1.165) is 0 Å². The van der Waals surface area contributed by atoms with Crippen LogP contribution in [0, 0.1) is 0 Å². The quantitative estimate of drug-likeness (QED) is 0.391. The highest BCUT2D eigenvalue weighted by Crippen LogP contribution is 2.47. The van der Waals surface area contributed by atoms with Crippen molar-refractivity contribution in [2.24, 2.45) is 4.99 Å². The molecule has 0 N–H and O–H groups in total. The molecule has 0 saturated heterocycles. The average Bonchev–Trinajstić information content (AvgIpc) is 1.80. The third-order valence-electron chi connectivity index (χ3n) is 1.03. The number of halogens is 8. The highest BCUT2D eigenvalue weighted by molar-refractivity contribution is 5.72. The number of alkyl halides is 7. The van der Waals surface area contributed by atoms with Crippen molar-refractivity contribution in [3.8, 4) is 0 Å². The number of hydrogen-bond donors (Lipinski definition) is 0. The van der Waals surface area contributed by atoms with Crippen LogP contribution in [0.3, 0.4) is 0 Å². The summed E-state index contributed by atoms with van der Waals surface area (Å²) in [4.78, 5) is 1.29. The Labute approximate surface area is 72.4 Å². The summed E-state index contributed by atoms with van der Waals surface area (Å²) in [6, 6.07) is -5.84. The molecule has 0 saturated carbocycles. The standard InChI is InChI=1S/C5H3F8N/c1-2(6)14-5(12,13)3(7,8)4(9,10)11/h1H3. The zero-order chi connectivity index (χ0) is 11.8. The number of nitrogens with zero attached hydrogens (tertiary/aromatic N) is 1. The molecule has 0 amide bonds. The van der Waals surface area contributed by atoms with Crippen LogP contribution < -0.4 is 0 Å². The molecule has 0 atom stereocenters. The lowest BCUT2D eigenvalue weighted by Gasteiger charge is -2.24. The molecule has 0 aliphatic rings. The summed E-state index contributed by atoms with van der Waals surface area (Å²) < 4.78 is 93.7. The van der Waals surface area contributed by atoms with E-state index in [1.54, 1.807) is 0 Å². The number of rotatable bonds is 2. The Balaban J connectivity index is 5.18. The van der Waals surface area contributed by atoms with Crippen molar-refractivity contribution in [3.05, 3.63) is 0 Å². The summed E-state index contributed by atoms with van der Waals surface area (Å²) in [5.74, 6) is -8.47. The molecule has 0 heterocycles. The zero-order valence-corrected chi connectivity index (χ0v) is 6.47. The van der Waals surface area contributed by atoms with Gasteiger partial charge in [-0.1, -0.05) is 0 Å². The molecule has 0 bridgehead atoms. The predicted molar refractivity (Wildman–Crippen MR) is 30.2 cm³/mol. The fraction of sp³-hybridized carbons (Fsp3) is 0.800.